The van der Waals surface area contributed by atoms with Crippen LogP contribution in [0.2, 0.25) is 0 Å². The molecule has 0 aliphatic heterocycles. The van der Waals surface area contributed by atoms with E-state index in [9.17, 15) is 9.50 Å². The predicted molar refractivity (Wildman–Crippen MR) is 66.7 cm³/mol. The Labute approximate surface area is 103 Å². The van der Waals surface area contributed by atoms with Gasteiger partial charge in [-0.15, -0.1) is 0 Å². The topological polar surface area (TPSA) is 33.4 Å². The molecular weight excluding hydrogens is 231 g/mol. The summed E-state index contributed by atoms with van der Waals surface area (Å²) in [6.07, 6.45) is 2.18. The minimum atomic E-state index is -0.811. The van der Waals surface area contributed by atoms with Crippen molar-refractivity contribution in [1.29, 1.82) is 0 Å². The van der Waals surface area contributed by atoms with Crippen LogP contribution < -0.4 is 0 Å². The molecule has 1 unspecified atom stereocenters. The highest BCUT2D eigenvalue weighted by atomic mass is 19.1. The number of hydrogen-bond acceptors (Lipinski definition) is 2. The maximum Gasteiger partial charge on any atom is 0.131 e. The van der Waals surface area contributed by atoms with Crippen molar-refractivity contribution in [2.45, 2.75) is 6.10 Å². The highest BCUT2D eigenvalue weighted by Gasteiger charge is 2.15. The van der Waals surface area contributed by atoms with Gasteiger partial charge in [-0.2, -0.15) is 0 Å². The molecule has 0 saturated carbocycles. The minimum absolute atomic E-state index is 0.284. The molecule has 2 nitrogen and oxygen atoms in total. The van der Waals surface area contributed by atoms with Crippen LogP contribution in [0.3, 0.4) is 0 Å². The van der Waals surface area contributed by atoms with E-state index in [4.69, 9.17) is 4.42 Å². The molecule has 3 aromatic rings. The van der Waals surface area contributed by atoms with Crippen molar-refractivity contribution in [2.24, 2.45) is 0 Å². The number of furan rings is 1. The monoisotopic (exact) mass is 242 g/mol. The number of fused-ring (bicyclic) bond motifs is 1. The molecule has 0 fully saturated rings. The van der Waals surface area contributed by atoms with E-state index >= 15 is 0 Å². The average Bonchev–Trinajstić information content (AvgIpc) is 2.93. The van der Waals surface area contributed by atoms with Gasteiger partial charge in [0.15, 0.2) is 0 Å². The lowest BCUT2D eigenvalue weighted by molar-refractivity contribution is 0.221. The fraction of sp³-hybridized carbons (Fsp3) is 0.0667. The van der Waals surface area contributed by atoms with Crippen LogP contribution in [0.4, 0.5) is 4.39 Å². The second-order valence-electron chi connectivity index (χ2n) is 4.14. The first-order chi connectivity index (χ1) is 8.77. The Morgan fingerprint density at radius 2 is 1.78 bits per heavy atom. The molecule has 3 heteroatoms. The highest BCUT2D eigenvalue weighted by Crippen LogP contribution is 2.30. The summed E-state index contributed by atoms with van der Waals surface area (Å²) in [5, 5.41) is 11.5. The molecule has 0 saturated heterocycles. The third-order valence-corrected chi connectivity index (χ3v) is 3.06. The van der Waals surface area contributed by atoms with Gasteiger partial charge < -0.3 is 9.52 Å². The summed E-state index contributed by atoms with van der Waals surface area (Å²) in [4.78, 5) is 0. The van der Waals surface area contributed by atoms with Crippen LogP contribution >= 0.6 is 0 Å². The first kappa shape index (κ1) is 11.0. The molecule has 1 atom stereocenters. The first-order valence-electron chi connectivity index (χ1n) is 5.64. The predicted octanol–water partition coefficient (Wildman–Crippen LogP) is 3.65. The summed E-state index contributed by atoms with van der Waals surface area (Å²) in [7, 11) is 0. The van der Waals surface area contributed by atoms with Gasteiger partial charge >= 0.3 is 0 Å². The summed E-state index contributed by atoms with van der Waals surface area (Å²) in [6, 6.07) is 11.8. The van der Waals surface area contributed by atoms with Gasteiger partial charge in [-0.05, 0) is 23.1 Å². The van der Waals surface area contributed by atoms with Crippen molar-refractivity contribution in [1.82, 2.24) is 0 Å². The second kappa shape index (κ2) is 4.27. The summed E-state index contributed by atoms with van der Waals surface area (Å²) >= 11 is 0. The minimum Gasteiger partial charge on any atom is -0.472 e. The molecule has 3 rings (SSSR count). The smallest absolute Gasteiger partial charge is 0.131 e. The van der Waals surface area contributed by atoms with Gasteiger partial charge in [-0.1, -0.05) is 30.3 Å². The van der Waals surface area contributed by atoms with Crippen LogP contribution in [0.5, 0.6) is 0 Å². The first-order valence-corrected chi connectivity index (χ1v) is 5.64. The van der Waals surface area contributed by atoms with E-state index in [-0.39, 0.29) is 5.82 Å². The van der Waals surface area contributed by atoms with Crippen LogP contribution in [0.15, 0.2) is 59.4 Å². The van der Waals surface area contributed by atoms with E-state index in [2.05, 4.69) is 0 Å². The maximum atomic E-state index is 13.7. The second-order valence-corrected chi connectivity index (χ2v) is 4.14. The van der Waals surface area contributed by atoms with Crippen molar-refractivity contribution in [2.75, 3.05) is 0 Å². The lowest BCUT2D eigenvalue weighted by atomic mass is 9.97. The van der Waals surface area contributed by atoms with Gasteiger partial charge in [0, 0.05) is 10.9 Å². The fourth-order valence-electron chi connectivity index (χ4n) is 2.13. The van der Waals surface area contributed by atoms with Gasteiger partial charge in [-0.3, -0.25) is 0 Å². The van der Waals surface area contributed by atoms with Gasteiger partial charge in [0.05, 0.1) is 12.5 Å². The van der Waals surface area contributed by atoms with Gasteiger partial charge in [0.2, 0.25) is 0 Å². The SMILES string of the molecule is OC(c1ccoc1)c1ccc(F)c2ccccc12. The normalized spacial score (nSPS) is 12.8. The number of hydrogen-bond donors (Lipinski definition) is 1. The van der Waals surface area contributed by atoms with Gasteiger partial charge in [-0.25, -0.2) is 4.39 Å². The number of aliphatic hydroxyl groups is 1. The van der Waals surface area contributed by atoms with Crippen LogP contribution in [-0.2, 0) is 0 Å². The van der Waals surface area contributed by atoms with Gasteiger partial charge in [0.1, 0.15) is 11.9 Å². The van der Waals surface area contributed by atoms with Crippen LogP contribution in [0.25, 0.3) is 10.8 Å². The number of aliphatic hydroxyl groups excluding tert-OH is 1. The molecule has 0 amide bonds. The van der Waals surface area contributed by atoms with E-state index in [0.29, 0.717) is 21.9 Å². The lowest BCUT2D eigenvalue weighted by Crippen LogP contribution is -1.99. The van der Waals surface area contributed by atoms with Crippen LogP contribution in [0, 0.1) is 5.82 Å². The largest absolute Gasteiger partial charge is 0.472 e. The summed E-state index contributed by atoms with van der Waals surface area (Å²) in [5.41, 5.74) is 1.33. The molecule has 0 aliphatic carbocycles. The van der Waals surface area contributed by atoms with Crippen LogP contribution in [-0.4, -0.2) is 5.11 Å². The number of halogens is 1. The molecule has 1 heterocycles. The Morgan fingerprint density at radius 1 is 1.00 bits per heavy atom. The third kappa shape index (κ3) is 1.69. The molecule has 0 bridgehead atoms. The molecule has 90 valence electrons. The summed E-state index contributed by atoms with van der Waals surface area (Å²) in [5.74, 6) is -0.284. The molecule has 0 spiro atoms. The standard InChI is InChI=1S/C15H11FO2/c16-14-6-5-13(11-3-1-2-4-12(11)14)15(17)10-7-8-18-9-10/h1-9,15,17H. The van der Waals surface area contributed by atoms with Gasteiger partial charge in [0.25, 0.3) is 0 Å². The third-order valence-electron chi connectivity index (χ3n) is 3.06. The van der Waals surface area contributed by atoms with Crippen molar-refractivity contribution in [3.8, 4) is 0 Å². The van der Waals surface area contributed by atoms with E-state index in [1.807, 2.05) is 6.07 Å². The van der Waals surface area contributed by atoms with E-state index < -0.39 is 6.10 Å². The number of rotatable bonds is 2. The zero-order valence-electron chi connectivity index (χ0n) is 9.51. The maximum absolute atomic E-state index is 13.7. The Hall–Kier alpha value is -2.13. The summed E-state index contributed by atoms with van der Waals surface area (Å²) < 4.78 is 18.6. The van der Waals surface area contributed by atoms with Crippen molar-refractivity contribution in [3.05, 3.63) is 71.9 Å². The van der Waals surface area contributed by atoms with Crippen molar-refractivity contribution < 1.29 is 13.9 Å². The Kier molecular flexibility index (Phi) is 2.61. The molecular formula is C15H11FO2. The van der Waals surface area contributed by atoms with Crippen molar-refractivity contribution in [3.63, 3.8) is 0 Å². The Bertz CT molecular complexity index is 674. The quantitative estimate of drug-likeness (QED) is 0.744. The molecule has 18 heavy (non-hydrogen) atoms. The zero-order valence-corrected chi connectivity index (χ0v) is 9.51. The Balaban J connectivity index is 2.21. The molecule has 0 aliphatic rings. The van der Waals surface area contributed by atoms with Crippen molar-refractivity contribution >= 4 is 10.8 Å². The van der Waals surface area contributed by atoms with Crippen LogP contribution in [0.1, 0.15) is 17.2 Å². The Morgan fingerprint density at radius 3 is 2.50 bits per heavy atom. The molecule has 1 aromatic heterocycles. The van der Waals surface area contributed by atoms with E-state index in [1.165, 1.54) is 18.6 Å². The summed E-state index contributed by atoms with van der Waals surface area (Å²) in [6.45, 7) is 0. The molecule has 1 N–H and O–H groups in total. The zero-order chi connectivity index (χ0) is 12.5. The fourth-order valence-corrected chi connectivity index (χ4v) is 2.13. The lowest BCUT2D eigenvalue weighted by Gasteiger charge is -2.12. The molecule has 0 radical (unpaired) electrons. The van der Waals surface area contributed by atoms with E-state index in [1.54, 1.807) is 30.3 Å². The number of benzene rings is 2. The highest BCUT2D eigenvalue weighted by molar-refractivity contribution is 5.86. The molecule has 2 aromatic carbocycles. The average molecular weight is 242 g/mol. The van der Waals surface area contributed by atoms with E-state index in [0.717, 1.165) is 0 Å².